The van der Waals surface area contributed by atoms with Crippen molar-refractivity contribution in [2.45, 2.75) is 32.4 Å². The first-order valence-corrected chi connectivity index (χ1v) is 10.2. The van der Waals surface area contributed by atoms with Crippen molar-refractivity contribution in [2.75, 3.05) is 34.3 Å². The van der Waals surface area contributed by atoms with Crippen LogP contribution in [-0.2, 0) is 24.3 Å². The molecule has 0 radical (unpaired) electrons. The van der Waals surface area contributed by atoms with E-state index >= 15 is 0 Å². The van der Waals surface area contributed by atoms with E-state index in [0.29, 0.717) is 24.8 Å². The summed E-state index contributed by atoms with van der Waals surface area (Å²) in [7, 11) is 5.66. The first-order chi connectivity index (χ1) is 14.0. The predicted molar refractivity (Wildman–Crippen MR) is 112 cm³/mol. The number of rotatable bonds is 9. The molecule has 2 N–H and O–H groups in total. The monoisotopic (exact) mass is 400 g/mol. The highest BCUT2D eigenvalue weighted by Gasteiger charge is 2.28. The highest BCUT2D eigenvalue weighted by Crippen LogP contribution is 2.26. The van der Waals surface area contributed by atoms with E-state index in [2.05, 4.69) is 20.7 Å². The summed E-state index contributed by atoms with van der Waals surface area (Å²) in [5, 5.41) is 10.7. The smallest absolute Gasteiger partial charge is 0.220 e. The van der Waals surface area contributed by atoms with E-state index in [1.807, 2.05) is 44.4 Å². The molecule has 3 rings (SSSR count). The molecule has 29 heavy (non-hydrogen) atoms. The SMILES string of the molecule is COc1ccc(CNC(=O)CC2CCNCC2Cc2cc(CN(C)C)on2)cc1. The maximum atomic E-state index is 12.5. The van der Waals surface area contributed by atoms with E-state index in [9.17, 15) is 4.79 Å². The van der Waals surface area contributed by atoms with Gasteiger partial charge in [-0.25, -0.2) is 0 Å². The minimum atomic E-state index is 0.103. The molecule has 0 spiro atoms. The van der Waals surface area contributed by atoms with Crippen LogP contribution in [0.2, 0.25) is 0 Å². The van der Waals surface area contributed by atoms with Crippen LogP contribution in [0.15, 0.2) is 34.9 Å². The van der Waals surface area contributed by atoms with Crippen LogP contribution in [0.25, 0.3) is 0 Å². The number of nitrogens with one attached hydrogen (secondary N) is 2. The second-order valence-corrected chi connectivity index (χ2v) is 8.07. The van der Waals surface area contributed by atoms with Gasteiger partial charge in [0.05, 0.1) is 19.3 Å². The van der Waals surface area contributed by atoms with Gasteiger partial charge in [0.25, 0.3) is 0 Å². The molecule has 0 saturated carbocycles. The number of methoxy groups -OCH3 is 1. The Bertz CT molecular complexity index is 773. The lowest BCUT2D eigenvalue weighted by Gasteiger charge is -2.31. The zero-order valence-corrected chi connectivity index (χ0v) is 17.6. The van der Waals surface area contributed by atoms with Gasteiger partial charge in [0.2, 0.25) is 5.91 Å². The maximum absolute atomic E-state index is 12.5. The molecule has 1 aromatic carbocycles. The van der Waals surface area contributed by atoms with Crippen molar-refractivity contribution in [3.63, 3.8) is 0 Å². The van der Waals surface area contributed by atoms with Crippen molar-refractivity contribution >= 4 is 5.91 Å². The standard InChI is InChI=1S/C22H32N4O3/c1-26(2)15-21-12-19(25-29-21)10-18-14-23-9-8-17(18)11-22(27)24-13-16-4-6-20(28-3)7-5-16/h4-7,12,17-18,23H,8-11,13-15H2,1-3H3,(H,24,27). The molecule has 7 nitrogen and oxygen atoms in total. The zero-order chi connectivity index (χ0) is 20.6. The number of hydrogen-bond acceptors (Lipinski definition) is 6. The fourth-order valence-electron chi connectivity index (χ4n) is 3.85. The van der Waals surface area contributed by atoms with E-state index in [4.69, 9.17) is 9.26 Å². The Balaban J connectivity index is 1.50. The van der Waals surface area contributed by atoms with Crippen molar-refractivity contribution in [1.82, 2.24) is 20.7 Å². The molecule has 1 saturated heterocycles. The van der Waals surface area contributed by atoms with Gasteiger partial charge in [-0.2, -0.15) is 0 Å². The lowest BCUT2D eigenvalue weighted by atomic mass is 9.81. The maximum Gasteiger partial charge on any atom is 0.220 e. The molecule has 2 aromatic rings. The summed E-state index contributed by atoms with van der Waals surface area (Å²) in [6, 6.07) is 9.81. The highest BCUT2D eigenvalue weighted by molar-refractivity contribution is 5.76. The minimum absolute atomic E-state index is 0.103. The molecule has 158 valence electrons. The average Bonchev–Trinajstić information content (AvgIpc) is 3.14. The van der Waals surface area contributed by atoms with Crippen molar-refractivity contribution in [3.05, 3.63) is 47.3 Å². The molecular weight excluding hydrogens is 368 g/mol. The van der Waals surface area contributed by atoms with Crippen LogP contribution in [-0.4, -0.2) is 50.3 Å². The lowest BCUT2D eigenvalue weighted by molar-refractivity contribution is -0.122. The number of benzene rings is 1. The summed E-state index contributed by atoms with van der Waals surface area (Å²) in [6.45, 7) is 3.15. The zero-order valence-electron chi connectivity index (χ0n) is 17.6. The molecule has 2 heterocycles. The molecule has 0 aliphatic carbocycles. The van der Waals surface area contributed by atoms with Gasteiger partial charge in [-0.05, 0) is 69.6 Å². The Labute approximate surface area is 172 Å². The van der Waals surface area contributed by atoms with Crippen LogP contribution >= 0.6 is 0 Å². The Hall–Kier alpha value is -2.38. The number of piperidine rings is 1. The second-order valence-electron chi connectivity index (χ2n) is 8.07. The van der Waals surface area contributed by atoms with E-state index in [-0.39, 0.29) is 5.91 Å². The Morgan fingerprint density at radius 1 is 1.31 bits per heavy atom. The largest absolute Gasteiger partial charge is 0.497 e. The van der Waals surface area contributed by atoms with E-state index in [0.717, 1.165) is 55.2 Å². The normalized spacial score (nSPS) is 19.3. The summed E-state index contributed by atoms with van der Waals surface area (Å²) < 4.78 is 10.6. The third-order valence-corrected chi connectivity index (χ3v) is 5.41. The number of hydrogen-bond donors (Lipinski definition) is 2. The predicted octanol–water partition coefficient (Wildman–Crippen LogP) is 2.22. The third-order valence-electron chi connectivity index (χ3n) is 5.41. The van der Waals surface area contributed by atoms with Crippen molar-refractivity contribution in [1.29, 1.82) is 0 Å². The van der Waals surface area contributed by atoms with Crippen LogP contribution < -0.4 is 15.4 Å². The molecule has 1 aliphatic heterocycles. The summed E-state index contributed by atoms with van der Waals surface area (Å²) >= 11 is 0. The molecule has 1 amide bonds. The summed E-state index contributed by atoms with van der Waals surface area (Å²) in [5.74, 6) is 2.53. The molecule has 2 unspecified atom stereocenters. The number of amides is 1. The molecule has 2 atom stereocenters. The average molecular weight is 401 g/mol. The number of carbonyl (C=O) groups excluding carboxylic acids is 1. The van der Waals surface area contributed by atoms with E-state index < -0.39 is 0 Å². The second kappa shape index (κ2) is 10.4. The number of aromatic nitrogens is 1. The molecule has 1 aromatic heterocycles. The van der Waals surface area contributed by atoms with Gasteiger partial charge >= 0.3 is 0 Å². The molecule has 7 heteroatoms. The fourth-order valence-corrected chi connectivity index (χ4v) is 3.85. The first-order valence-electron chi connectivity index (χ1n) is 10.2. The molecule has 1 fully saturated rings. The van der Waals surface area contributed by atoms with Crippen LogP contribution in [0.1, 0.15) is 29.9 Å². The van der Waals surface area contributed by atoms with Gasteiger partial charge in [-0.15, -0.1) is 0 Å². The van der Waals surface area contributed by atoms with Gasteiger partial charge in [0.15, 0.2) is 5.76 Å². The lowest BCUT2D eigenvalue weighted by Crippen LogP contribution is -2.40. The van der Waals surface area contributed by atoms with Gasteiger partial charge in [0.1, 0.15) is 5.75 Å². The summed E-state index contributed by atoms with van der Waals surface area (Å²) in [6.07, 6.45) is 2.38. The van der Waals surface area contributed by atoms with Gasteiger partial charge in [0, 0.05) is 19.0 Å². The van der Waals surface area contributed by atoms with E-state index in [1.54, 1.807) is 7.11 Å². The highest BCUT2D eigenvalue weighted by atomic mass is 16.5. The third kappa shape index (κ3) is 6.58. The Morgan fingerprint density at radius 2 is 2.10 bits per heavy atom. The van der Waals surface area contributed by atoms with Crippen LogP contribution in [0.5, 0.6) is 5.75 Å². The topological polar surface area (TPSA) is 79.6 Å². The van der Waals surface area contributed by atoms with Crippen LogP contribution in [0.3, 0.4) is 0 Å². The van der Waals surface area contributed by atoms with Crippen LogP contribution in [0, 0.1) is 11.8 Å². The molecule has 1 aliphatic rings. The minimum Gasteiger partial charge on any atom is -0.497 e. The Kier molecular flexibility index (Phi) is 7.66. The van der Waals surface area contributed by atoms with Gasteiger partial charge < -0.3 is 24.8 Å². The number of ether oxygens (including phenoxy) is 1. The molecular formula is C22H32N4O3. The summed E-state index contributed by atoms with van der Waals surface area (Å²) in [4.78, 5) is 14.6. The van der Waals surface area contributed by atoms with Gasteiger partial charge in [-0.1, -0.05) is 17.3 Å². The van der Waals surface area contributed by atoms with Crippen molar-refractivity contribution in [3.8, 4) is 5.75 Å². The number of carbonyl (C=O) groups is 1. The van der Waals surface area contributed by atoms with Crippen molar-refractivity contribution in [2.24, 2.45) is 11.8 Å². The van der Waals surface area contributed by atoms with Gasteiger partial charge in [-0.3, -0.25) is 4.79 Å². The Morgan fingerprint density at radius 3 is 2.83 bits per heavy atom. The van der Waals surface area contributed by atoms with Crippen LogP contribution in [0.4, 0.5) is 0 Å². The molecule has 0 bridgehead atoms. The van der Waals surface area contributed by atoms with E-state index in [1.165, 1.54) is 0 Å². The fraction of sp³-hybridized carbons (Fsp3) is 0.545. The quantitative estimate of drug-likeness (QED) is 0.672. The summed E-state index contributed by atoms with van der Waals surface area (Å²) in [5.41, 5.74) is 2.04. The van der Waals surface area contributed by atoms with Crippen molar-refractivity contribution < 1.29 is 14.1 Å². The number of nitrogens with zero attached hydrogens (tertiary/aromatic N) is 2. The first kappa shape index (κ1) is 21.3.